The minimum Gasteiger partial charge on any atom is -0.350 e. The molecule has 1 aliphatic rings. The van der Waals surface area contributed by atoms with E-state index in [2.05, 4.69) is 52.5 Å². The van der Waals surface area contributed by atoms with E-state index in [1.54, 1.807) is 0 Å². The molecule has 1 heterocycles. The van der Waals surface area contributed by atoms with Crippen molar-refractivity contribution >= 4 is 28.3 Å². The van der Waals surface area contributed by atoms with Gasteiger partial charge in [-0.1, -0.05) is 60.1 Å². The van der Waals surface area contributed by atoms with E-state index in [4.69, 9.17) is 11.6 Å². The number of carbonyl (C=O) groups excluding carboxylic acids is 1. The van der Waals surface area contributed by atoms with Crippen molar-refractivity contribution in [1.82, 2.24) is 15.1 Å². The van der Waals surface area contributed by atoms with Gasteiger partial charge in [0, 0.05) is 37.7 Å². The summed E-state index contributed by atoms with van der Waals surface area (Å²) >= 11 is 6.20. The quantitative estimate of drug-likeness (QED) is 0.663. The number of carbonyl (C=O) groups is 1. The Hall–Kier alpha value is -2.40. The topological polar surface area (TPSA) is 35.6 Å². The second kappa shape index (κ2) is 9.17. The molecule has 1 aliphatic heterocycles. The van der Waals surface area contributed by atoms with Crippen molar-refractivity contribution in [3.8, 4) is 0 Å². The van der Waals surface area contributed by atoms with Crippen LogP contribution in [0.3, 0.4) is 0 Å². The fraction of sp³-hybridized carbons (Fsp3) is 0.320. The smallest absolute Gasteiger partial charge is 0.242 e. The first-order valence-corrected chi connectivity index (χ1v) is 10.8. The number of hydrogen-bond donors (Lipinski definition) is 1. The largest absolute Gasteiger partial charge is 0.350 e. The van der Waals surface area contributed by atoms with Crippen LogP contribution in [0, 0.1) is 6.92 Å². The monoisotopic (exact) mass is 421 g/mol. The third-order valence-electron chi connectivity index (χ3n) is 5.84. The number of nitrogens with zero attached hydrogens (tertiary/aromatic N) is 2. The van der Waals surface area contributed by atoms with Gasteiger partial charge in [-0.25, -0.2) is 0 Å². The minimum absolute atomic E-state index is 0.0357. The van der Waals surface area contributed by atoms with E-state index in [0.717, 1.165) is 53.6 Å². The lowest BCUT2D eigenvalue weighted by atomic mass is 9.96. The molecule has 1 atom stereocenters. The Morgan fingerprint density at radius 1 is 1.03 bits per heavy atom. The fourth-order valence-corrected chi connectivity index (χ4v) is 4.58. The molecule has 0 saturated carbocycles. The Kier molecular flexibility index (Phi) is 6.38. The number of piperazine rings is 1. The number of amides is 1. The molecule has 156 valence electrons. The maximum atomic E-state index is 13.5. The third-order valence-corrected chi connectivity index (χ3v) is 6.06. The number of aryl methyl sites for hydroxylation is 1. The fourth-order valence-electron chi connectivity index (χ4n) is 4.27. The highest BCUT2D eigenvalue weighted by molar-refractivity contribution is 6.30. The van der Waals surface area contributed by atoms with Crippen LogP contribution in [-0.4, -0.2) is 48.9 Å². The molecule has 1 N–H and O–H groups in total. The molecule has 0 spiro atoms. The van der Waals surface area contributed by atoms with Crippen LogP contribution in [0.5, 0.6) is 0 Å². The summed E-state index contributed by atoms with van der Waals surface area (Å²) in [7, 11) is 2.13. The van der Waals surface area contributed by atoms with E-state index in [-0.39, 0.29) is 11.9 Å². The number of hydrogen-bond acceptors (Lipinski definition) is 3. The summed E-state index contributed by atoms with van der Waals surface area (Å²) in [6.07, 6.45) is 0. The van der Waals surface area contributed by atoms with Crippen LogP contribution in [0.15, 0.2) is 60.7 Å². The van der Waals surface area contributed by atoms with Crippen LogP contribution in [0.25, 0.3) is 10.8 Å². The Labute approximate surface area is 183 Å². The lowest BCUT2D eigenvalue weighted by Crippen LogP contribution is -2.49. The van der Waals surface area contributed by atoms with Crippen LogP contribution in [0.2, 0.25) is 5.02 Å². The van der Waals surface area contributed by atoms with Crippen molar-refractivity contribution in [2.45, 2.75) is 19.5 Å². The summed E-state index contributed by atoms with van der Waals surface area (Å²) in [5.74, 6) is 0.0357. The molecule has 3 aromatic rings. The number of rotatable bonds is 5. The van der Waals surface area contributed by atoms with Gasteiger partial charge in [0.05, 0.1) is 0 Å². The summed E-state index contributed by atoms with van der Waals surface area (Å²) in [6, 6.07) is 20.1. The van der Waals surface area contributed by atoms with Gasteiger partial charge in [-0.05, 0) is 53.6 Å². The van der Waals surface area contributed by atoms with Gasteiger partial charge in [-0.3, -0.25) is 9.69 Å². The normalized spacial score (nSPS) is 16.5. The second-order valence-corrected chi connectivity index (χ2v) is 8.60. The van der Waals surface area contributed by atoms with Crippen LogP contribution in [-0.2, 0) is 11.3 Å². The number of benzene rings is 3. The first-order chi connectivity index (χ1) is 14.5. The molecule has 1 saturated heterocycles. The molecule has 5 heteroatoms. The zero-order valence-corrected chi connectivity index (χ0v) is 18.3. The standard InChI is InChI=1S/C25H28ClN3O/c1-18-14-19(16-21(26)15-18)17-27-25(30)24(29-12-10-28(2)11-13-29)23-9-5-7-20-6-3-4-8-22(20)23/h3-9,14-16,24H,10-13,17H2,1-2H3,(H,27,30). The van der Waals surface area contributed by atoms with E-state index >= 15 is 0 Å². The summed E-state index contributed by atoms with van der Waals surface area (Å²) < 4.78 is 0. The molecule has 0 bridgehead atoms. The van der Waals surface area contributed by atoms with E-state index in [9.17, 15) is 4.79 Å². The maximum absolute atomic E-state index is 13.5. The van der Waals surface area contributed by atoms with Crippen molar-refractivity contribution in [1.29, 1.82) is 0 Å². The van der Waals surface area contributed by atoms with E-state index in [1.807, 2.05) is 37.3 Å². The first kappa shape index (κ1) is 20.9. The Bertz CT molecular complexity index is 1020. The zero-order valence-electron chi connectivity index (χ0n) is 17.6. The van der Waals surface area contributed by atoms with E-state index in [0.29, 0.717) is 11.6 Å². The lowest BCUT2D eigenvalue weighted by molar-refractivity contribution is -0.127. The van der Waals surface area contributed by atoms with Gasteiger partial charge in [0.1, 0.15) is 6.04 Å². The third kappa shape index (κ3) is 4.67. The van der Waals surface area contributed by atoms with Gasteiger partial charge in [0.15, 0.2) is 0 Å². The number of halogens is 1. The van der Waals surface area contributed by atoms with Gasteiger partial charge in [-0.15, -0.1) is 0 Å². The molecular weight excluding hydrogens is 394 g/mol. The lowest BCUT2D eigenvalue weighted by Gasteiger charge is -2.37. The van der Waals surface area contributed by atoms with Crippen LogP contribution >= 0.6 is 11.6 Å². The summed E-state index contributed by atoms with van der Waals surface area (Å²) in [4.78, 5) is 18.1. The highest BCUT2D eigenvalue weighted by atomic mass is 35.5. The molecule has 1 amide bonds. The summed E-state index contributed by atoms with van der Waals surface area (Å²) in [6.45, 7) is 6.14. The highest BCUT2D eigenvalue weighted by Gasteiger charge is 2.30. The molecule has 4 rings (SSSR count). The molecule has 4 nitrogen and oxygen atoms in total. The molecule has 1 fully saturated rings. The average Bonchev–Trinajstić information content (AvgIpc) is 2.73. The Morgan fingerprint density at radius 3 is 2.53 bits per heavy atom. The Morgan fingerprint density at radius 2 is 1.77 bits per heavy atom. The minimum atomic E-state index is -0.315. The van der Waals surface area contributed by atoms with Crippen LogP contribution < -0.4 is 5.32 Å². The van der Waals surface area contributed by atoms with Crippen molar-refractivity contribution in [2.24, 2.45) is 0 Å². The number of fused-ring (bicyclic) bond motifs is 1. The first-order valence-electron chi connectivity index (χ1n) is 10.5. The van der Waals surface area contributed by atoms with E-state index < -0.39 is 0 Å². The molecule has 30 heavy (non-hydrogen) atoms. The number of nitrogens with one attached hydrogen (secondary N) is 1. The highest BCUT2D eigenvalue weighted by Crippen LogP contribution is 2.29. The van der Waals surface area contributed by atoms with Crippen LogP contribution in [0.1, 0.15) is 22.7 Å². The van der Waals surface area contributed by atoms with Crippen molar-refractivity contribution in [2.75, 3.05) is 33.2 Å². The molecular formula is C25H28ClN3O. The van der Waals surface area contributed by atoms with Gasteiger partial charge < -0.3 is 10.2 Å². The average molecular weight is 422 g/mol. The SMILES string of the molecule is Cc1cc(Cl)cc(CNC(=O)C(c2cccc3ccccc23)N2CCN(C)CC2)c1. The van der Waals surface area contributed by atoms with Gasteiger partial charge >= 0.3 is 0 Å². The van der Waals surface area contributed by atoms with Crippen LogP contribution in [0.4, 0.5) is 0 Å². The Balaban J connectivity index is 1.63. The predicted molar refractivity (Wildman–Crippen MR) is 124 cm³/mol. The van der Waals surface area contributed by atoms with Gasteiger partial charge in [0.2, 0.25) is 5.91 Å². The predicted octanol–water partition coefficient (Wildman–Crippen LogP) is 4.41. The molecule has 0 aliphatic carbocycles. The molecule has 1 unspecified atom stereocenters. The summed E-state index contributed by atoms with van der Waals surface area (Å²) in [5, 5.41) is 6.17. The molecule has 3 aromatic carbocycles. The van der Waals surface area contributed by atoms with Crippen molar-refractivity contribution < 1.29 is 4.79 Å². The second-order valence-electron chi connectivity index (χ2n) is 8.16. The number of likely N-dealkylation sites (N-methyl/N-ethyl adjacent to an activating group) is 1. The van der Waals surface area contributed by atoms with Crippen molar-refractivity contribution in [3.63, 3.8) is 0 Å². The summed E-state index contributed by atoms with van der Waals surface area (Å²) in [5.41, 5.74) is 3.18. The van der Waals surface area contributed by atoms with Crippen molar-refractivity contribution in [3.05, 3.63) is 82.4 Å². The zero-order chi connectivity index (χ0) is 21.1. The molecule has 0 aromatic heterocycles. The van der Waals surface area contributed by atoms with Gasteiger partial charge in [0.25, 0.3) is 0 Å². The maximum Gasteiger partial charge on any atom is 0.242 e. The van der Waals surface area contributed by atoms with E-state index in [1.165, 1.54) is 0 Å². The molecule has 0 radical (unpaired) electrons. The van der Waals surface area contributed by atoms with Gasteiger partial charge in [-0.2, -0.15) is 0 Å².